The van der Waals surface area contributed by atoms with Crippen LogP contribution in [0.25, 0.3) is 0 Å². The van der Waals surface area contributed by atoms with Gasteiger partial charge in [0.05, 0.1) is 6.61 Å². The van der Waals surface area contributed by atoms with E-state index in [1.165, 1.54) is 19.9 Å². The predicted octanol–water partition coefficient (Wildman–Crippen LogP) is 0.00530. The highest BCUT2D eigenvalue weighted by Crippen LogP contribution is 2.16. The van der Waals surface area contributed by atoms with Crippen LogP contribution in [0.5, 0.6) is 0 Å². The fourth-order valence-corrected chi connectivity index (χ4v) is 1.38. The number of ether oxygens (including phenoxy) is 3. The Balaban J connectivity index is 2.68. The molecule has 0 aromatic carbocycles. The van der Waals surface area contributed by atoms with Crippen molar-refractivity contribution in [2.45, 2.75) is 26.1 Å². The van der Waals surface area contributed by atoms with E-state index < -0.39 is 24.1 Å². The summed E-state index contributed by atoms with van der Waals surface area (Å²) in [5, 5.41) is 0. The SMILES string of the molecule is CC(=O)OC[C@H]1OCC(C=O)=C[C@@H]1OC(C)=O. The van der Waals surface area contributed by atoms with Crippen LogP contribution in [0, 0.1) is 0 Å². The Morgan fingerprint density at radius 3 is 2.71 bits per heavy atom. The smallest absolute Gasteiger partial charge is 0.303 e. The molecule has 6 heteroatoms. The zero-order chi connectivity index (χ0) is 12.8. The van der Waals surface area contributed by atoms with Crippen LogP contribution in [0.15, 0.2) is 11.6 Å². The maximum atomic E-state index is 10.9. The van der Waals surface area contributed by atoms with Crippen molar-refractivity contribution in [2.24, 2.45) is 0 Å². The summed E-state index contributed by atoms with van der Waals surface area (Å²) < 4.78 is 15.1. The number of carbonyl (C=O) groups excluding carboxylic acids is 3. The lowest BCUT2D eigenvalue weighted by Crippen LogP contribution is -2.39. The summed E-state index contributed by atoms with van der Waals surface area (Å²) in [7, 11) is 0. The summed E-state index contributed by atoms with van der Waals surface area (Å²) in [6, 6.07) is 0. The summed E-state index contributed by atoms with van der Waals surface area (Å²) in [5.41, 5.74) is 0.398. The standard InChI is InChI=1S/C11H14O6/c1-7(13)15-6-11-10(17-8(2)14)3-9(4-12)5-16-11/h3-4,10-11H,5-6H2,1-2H3/t10-,11+/m0/s1. The summed E-state index contributed by atoms with van der Waals surface area (Å²) in [6.45, 7) is 2.63. The van der Waals surface area contributed by atoms with Gasteiger partial charge in [0, 0.05) is 19.4 Å². The molecule has 17 heavy (non-hydrogen) atoms. The van der Waals surface area contributed by atoms with Crippen LogP contribution in [-0.2, 0) is 28.6 Å². The van der Waals surface area contributed by atoms with E-state index in [0.717, 1.165) is 0 Å². The zero-order valence-corrected chi connectivity index (χ0v) is 9.67. The summed E-state index contributed by atoms with van der Waals surface area (Å²) >= 11 is 0. The fraction of sp³-hybridized carbons (Fsp3) is 0.545. The molecule has 0 aromatic rings. The van der Waals surface area contributed by atoms with Crippen molar-refractivity contribution in [1.82, 2.24) is 0 Å². The maximum Gasteiger partial charge on any atom is 0.303 e. The van der Waals surface area contributed by atoms with E-state index in [-0.39, 0.29) is 13.2 Å². The van der Waals surface area contributed by atoms with Gasteiger partial charge in [-0.2, -0.15) is 0 Å². The first kappa shape index (κ1) is 13.4. The number of aldehydes is 1. The molecule has 0 fully saturated rings. The molecule has 94 valence electrons. The number of esters is 2. The summed E-state index contributed by atoms with van der Waals surface area (Å²) in [5.74, 6) is -0.935. The molecule has 1 rings (SSSR count). The molecule has 0 saturated carbocycles. The van der Waals surface area contributed by atoms with Gasteiger partial charge in [-0.05, 0) is 6.08 Å². The normalized spacial score (nSPS) is 23.5. The molecule has 6 nitrogen and oxygen atoms in total. The number of carbonyl (C=O) groups is 3. The van der Waals surface area contributed by atoms with Crippen LogP contribution < -0.4 is 0 Å². The molecular formula is C11H14O6. The van der Waals surface area contributed by atoms with Gasteiger partial charge in [-0.15, -0.1) is 0 Å². The van der Waals surface area contributed by atoms with Gasteiger partial charge in [0.15, 0.2) is 6.10 Å². The first-order valence-electron chi connectivity index (χ1n) is 5.11. The van der Waals surface area contributed by atoms with E-state index in [9.17, 15) is 14.4 Å². The van der Waals surface area contributed by atoms with Crippen LogP contribution in [0.4, 0.5) is 0 Å². The molecule has 0 unspecified atom stereocenters. The molecule has 0 radical (unpaired) electrons. The Labute approximate surface area is 98.5 Å². The third kappa shape index (κ3) is 4.36. The van der Waals surface area contributed by atoms with Gasteiger partial charge in [-0.3, -0.25) is 14.4 Å². The van der Waals surface area contributed by atoms with Crippen molar-refractivity contribution < 1.29 is 28.6 Å². The lowest BCUT2D eigenvalue weighted by Gasteiger charge is -2.28. The van der Waals surface area contributed by atoms with E-state index in [4.69, 9.17) is 14.2 Å². The van der Waals surface area contributed by atoms with Crippen LogP contribution in [0.3, 0.4) is 0 Å². The lowest BCUT2D eigenvalue weighted by molar-refractivity contribution is -0.159. The molecule has 0 spiro atoms. The van der Waals surface area contributed by atoms with E-state index in [1.807, 2.05) is 0 Å². The second-order valence-electron chi connectivity index (χ2n) is 3.59. The molecule has 0 aliphatic carbocycles. The first-order valence-corrected chi connectivity index (χ1v) is 5.11. The van der Waals surface area contributed by atoms with Crippen molar-refractivity contribution in [1.29, 1.82) is 0 Å². The summed E-state index contributed by atoms with van der Waals surface area (Å²) in [4.78, 5) is 32.2. The van der Waals surface area contributed by atoms with Gasteiger partial charge < -0.3 is 14.2 Å². The van der Waals surface area contributed by atoms with E-state index >= 15 is 0 Å². The highest BCUT2D eigenvalue weighted by molar-refractivity contribution is 5.74. The molecular weight excluding hydrogens is 228 g/mol. The molecule has 2 atom stereocenters. The zero-order valence-electron chi connectivity index (χ0n) is 9.67. The van der Waals surface area contributed by atoms with Gasteiger partial charge in [-0.1, -0.05) is 0 Å². The van der Waals surface area contributed by atoms with Crippen LogP contribution in [0.2, 0.25) is 0 Å². The maximum absolute atomic E-state index is 10.9. The topological polar surface area (TPSA) is 78.9 Å². The average Bonchev–Trinajstić information content (AvgIpc) is 2.26. The minimum Gasteiger partial charge on any atom is -0.463 e. The predicted molar refractivity (Wildman–Crippen MR) is 56.1 cm³/mol. The number of hydrogen-bond donors (Lipinski definition) is 0. The Morgan fingerprint density at radius 1 is 1.47 bits per heavy atom. The minimum absolute atomic E-state index is 0.0179. The van der Waals surface area contributed by atoms with Gasteiger partial charge in [-0.25, -0.2) is 0 Å². The van der Waals surface area contributed by atoms with Crippen LogP contribution in [0.1, 0.15) is 13.8 Å². The monoisotopic (exact) mass is 242 g/mol. The molecule has 0 N–H and O–H groups in total. The Hall–Kier alpha value is -1.69. The molecule has 0 saturated heterocycles. The van der Waals surface area contributed by atoms with Crippen LogP contribution >= 0.6 is 0 Å². The molecule has 0 bridgehead atoms. The molecule has 1 aliphatic rings. The number of hydrogen-bond acceptors (Lipinski definition) is 6. The third-order valence-electron chi connectivity index (χ3n) is 2.11. The largest absolute Gasteiger partial charge is 0.463 e. The van der Waals surface area contributed by atoms with Gasteiger partial charge >= 0.3 is 11.9 Å². The highest BCUT2D eigenvalue weighted by atomic mass is 16.6. The Bertz CT molecular complexity index is 346. The quantitative estimate of drug-likeness (QED) is 0.510. The van der Waals surface area contributed by atoms with E-state index in [0.29, 0.717) is 11.9 Å². The Kier molecular flexibility index (Phi) is 4.84. The minimum atomic E-state index is -0.708. The van der Waals surface area contributed by atoms with Crippen molar-refractivity contribution in [3.63, 3.8) is 0 Å². The Morgan fingerprint density at radius 2 is 2.18 bits per heavy atom. The molecule has 0 amide bonds. The second kappa shape index (κ2) is 6.15. The van der Waals surface area contributed by atoms with E-state index in [2.05, 4.69) is 0 Å². The van der Waals surface area contributed by atoms with Crippen molar-refractivity contribution in [3.05, 3.63) is 11.6 Å². The number of rotatable bonds is 4. The molecule has 1 heterocycles. The molecule has 1 aliphatic heterocycles. The van der Waals surface area contributed by atoms with Crippen molar-refractivity contribution >= 4 is 18.2 Å². The lowest BCUT2D eigenvalue weighted by atomic mass is 10.1. The van der Waals surface area contributed by atoms with Crippen molar-refractivity contribution in [3.8, 4) is 0 Å². The van der Waals surface area contributed by atoms with Gasteiger partial charge in [0.2, 0.25) is 0 Å². The average molecular weight is 242 g/mol. The first-order chi connectivity index (χ1) is 8.02. The second-order valence-corrected chi connectivity index (χ2v) is 3.59. The van der Waals surface area contributed by atoms with Crippen LogP contribution in [-0.4, -0.2) is 43.6 Å². The highest BCUT2D eigenvalue weighted by Gasteiger charge is 2.29. The third-order valence-corrected chi connectivity index (χ3v) is 2.11. The fourth-order valence-electron chi connectivity index (χ4n) is 1.38. The molecule has 0 aromatic heterocycles. The van der Waals surface area contributed by atoms with Gasteiger partial charge in [0.25, 0.3) is 0 Å². The van der Waals surface area contributed by atoms with E-state index in [1.54, 1.807) is 0 Å². The van der Waals surface area contributed by atoms with Crippen molar-refractivity contribution in [2.75, 3.05) is 13.2 Å². The summed E-state index contributed by atoms with van der Waals surface area (Å²) in [6.07, 6.45) is 0.859. The van der Waals surface area contributed by atoms with Gasteiger partial charge in [0.1, 0.15) is 19.0 Å².